The van der Waals surface area contributed by atoms with Crippen molar-refractivity contribution in [2.24, 2.45) is 0 Å². The fraction of sp³-hybridized carbons (Fsp3) is 0.364. The van der Waals surface area contributed by atoms with Crippen molar-refractivity contribution in [1.82, 2.24) is 0 Å². The second kappa shape index (κ2) is 4.65. The molecule has 1 atom stereocenters. The van der Waals surface area contributed by atoms with Crippen LogP contribution in [0.3, 0.4) is 0 Å². The van der Waals surface area contributed by atoms with Crippen LogP contribution >= 0.6 is 0 Å². The molecule has 0 saturated heterocycles. The molecular weight excluding hydrogens is 226 g/mol. The summed E-state index contributed by atoms with van der Waals surface area (Å²) in [6, 6.07) is 6.16. The monoisotopic (exact) mass is 241 g/mol. The molecule has 0 aliphatic heterocycles. The maximum absolute atomic E-state index is 11.7. The van der Waals surface area contributed by atoms with Crippen LogP contribution in [0.4, 0.5) is 5.69 Å². The fourth-order valence-corrected chi connectivity index (χ4v) is 1.60. The molecule has 0 aliphatic rings. The summed E-state index contributed by atoms with van der Waals surface area (Å²) in [5, 5.41) is 8.71. The zero-order chi connectivity index (χ0) is 12.3. The number of nitrogens with one attached hydrogen (secondary N) is 1. The summed E-state index contributed by atoms with van der Waals surface area (Å²) in [7, 11) is -1.20. The lowest BCUT2D eigenvalue weighted by molar-refractivity contribution is 0.0697. The zero-order valence-corrected chi connectivity index (χ0v) is 10.3. The van der Waals surface area contributed by atoms with Gasteiger partial charge in [-0.15, -0.1) is 0 Å². The Balaban J connectivity index is 2.77. The second-order valence-electron chi connectivity index (χ2n) is 4.37. The predicted molar refractivity (Wildman–Crippen MR) is 64.9 cm³/mol. The summed E-state index contributed by atoms with van der Waals surface area (Å²) in [6.07, 6.45) is 0. The van der Waals surface area contributed by atoms with E-state index >= 15 is 0 Å². The Hall–Kier alpha value is -1.36. The van der Waals surface area contributed by atoms with Gasteiger partial charge in [0.05, 0.1) is 10.3 Å². The van der Waals surface area contributed by atoms with Crippen molar-refractivity contribution in [2.75, 3.05) is 4.72 Å². The van der Waals surface area contributed by atoms with Gasteiger partial charge in [0, 0.05) is 5.69 Å². The number of hydrogen-bond donors (Lipinski definition) is 2. The van der Waals surface area contributed by atoms with Gasteiger partial charge in [0.2, 0.25) is 0 Å². The van der Waals surface area contributed by atoms with E-state index < -0.39 is 17.0 Å². The largest absolute Gasteiger partial charge is 0.478 e. The average molecular weight is 241 g/mol. The first-order valence-electron chi connectivity index (χ1n) is 4.82. The molecule has 0 aliphatic carbocycles. The number of hydrogen-bond acceptors (Lipinski definition) is 2. The molecule has 1 aromatic carbocycles. The average Bonchev–Trinajstić information content (AvgIpc) is 2.17. The fourth-order valence-electron chi connectivity index (χ4n) is 0.941. The van der Waals surface area contributed by atoms with Crippen molar-refractivity contribution < 1.29 is 14.1 Å². The van der Waals surface area contributed by atoms with E-state index in [4.69, 9.17) is 5.11 Å². The number of anilines is 1. The van der Waals surface area contributed by atoms with Crippen LogP contribution in [-0.4, -0.2) is 20.0 Å². The molecule has 0 bridgehead atoms. The van der Waals surface area contributed by atoms with Crippen molar-refractivity contribution in [3.05, 3.63) is 29.8 Å². The zero-order valence-electron chi connectivity index (χ0n) is 9.48. The van der Waals surface area contributed by atoms with Crippen molar-refractivity contribution in [2.45, 2.75) is 25.5 Å². The van der Waals surface area contributed by atoms with E-state index in [-0.39, 0.29) is 10.3 Å². The van der Waals surface area contributed by atoms with Gasteiger partial charge in [-0.3, -0.25) is 0 Å². The van der Waals surface area contributed by atoms with Gasteiger partial charge >= 0.3 is 5.97 Å². The highest BCUT2D eigenvalue weighted by Crippen LogP contribution is 2.16. The lowest BCUT2D eigenvalue weighted by Gasteiger charge is -2.18. The maximum Gasteiger partial charge on any atom is 0.335 e. The second-order valence-corrected chi connectivity index (χ2v) is 6.33. The Bertz CT molecular complexity index is 406. The third kappa shape index (κ3) is 3.34. The quantitative estimate of drug-likeness (QED) is 0.853. The van der Waals surface area contributed by atoms with E-state index in [0.717, 1.165) is 0 Å². The van der Waals surface area contributed by atoms with Crippen LogP contribution in [-0.2, 0) is 11.0 Å². The van der Waals surface area contributed by atoms with E-state index in [1.54, 1.807) is 12.1 Å². The highest BCUT2D eigenvalue weighted by molar-refractivity contribution is 7.87. The SMILES string of the molecule is CC(C)(C)[S@@](=O)Nc1ccc(C(=O)O)cc1. The Labute approximate surface area is 97.3 Å². The van der Waals surface area contributed by atoms with E-state index in [0.29, 0.717) is 5.69 Å². The van der Waals surface area contributed by atoms with Gasteiger partial charge in [-0.25, -0.2) is 9.00 Å². The molecule has 0 heterocycles. The minimum atomic E-state index is -1.20. The molecule has 1 aromatic rings. The first-order chi connectivity index (χ1) is 7.30. The smallest absolute Gasteiger partial charge is 0.335 e. The Morgan fingerprint density at radius 1 is 1.25 bits per heavy atom. The van der Waals surface area contributed by atoms with Gasteiger partial charge in [-0.05, 0) is 45.0 Å². The van der Waals surface area contributed by atoms with Gasteiger partial charge in [0.1, 0.15) is 11.0 Å². The van der Waals surface area contributed by atoms with Crippen LogP contribution in [0.1, 0.15) is 31.1 Å². The first-order valence-corrected chi connectivity index (χ1v) is 5.97. The standard InChI is InChI=1S/C11H15NO3S/c1-11(2,3)16(15)12-9-6-4-8(5-7-9)10(13)14/h4-7,12H,1-3H3,(H,13,14)/t16-/m1/s1. The topological polar surface area (TPSA) is 66.4 Å². The summed E-state index contributed by atoms with van der Waals surface area (Å²) in [5.41, 5.74) is 0.866. The molecule has 5 heteroatoms. The maximum atomic E-state index is 11.7. The Morgan fingerprint density at radius 2 is 1.75 bits per heavy atom. The molecule has 0 radical (unpaired) electrons. The minimum Gasteiger partial charge on any atom is -0.478 e. The van der Waals surface area contributed by atoms with E-state index in [9.17, 15) is 9.00 Å². The number of carbonyl (C=O) groups is 1. The summed E-state index contributed by atoms with van der Waals surface area (Å²) >= 11 is 0. The van der Waals surface area contributed by atoms with Crippen molar-refractivity contribution in [3.8, 4) is 0 Å². The molecule has 2 N–H and O–H groups in total. The summed E-state index contributed by atoms with van der Waals surface area (Å²) < 4.78 is 14.2. The summed E-state index contributed by atoms with van der Waals surface area (Å²) in [6.45, 7) is 5.59. The normalized spacial score (nSPS) is 13.2. The first kappa shape index (κ1) is 12.7. The molecule has 16 heavy (non-hydrogen) atoms. The van der Waals surface area contributed by atoms with Crippen molar-refractivity contribution >= 4 is 22.6 Å². The third-order valence-corrected chi connectivity index (χ3v) is 3.43. The number of aromatic carboxylic acids is 1. The molecule has 0 amide bonds. The molecule has 0 aromatic heterocycles. The molecule has 0 spiro atoms. The Kier molecular flexibility index (Phi) is 3.70. The van der Waals surface area contributed by atoms with Gasteiger partial charge in [0.15, 0.2) is 0 Å². The van der Waals surface area contributed by atoms with Crippen LogP contribution in [0.25, 0.3) is 0 Å². The highest BCUT2D eigenvalue weighted by atomic mass is 32.2. The molecule has 1 rings (SSSR count). The molecule has 0 unspecified atom stereocenters. The van der Waals surface area contributed by atoms with Crippen LogP contribution in [0, 0.1) is 0 Å². The molecule has 0 saturated carbocycles. The van der Waals surface area contributed by atoms with Gasteiger partial charge in [-0.2, -0.15) is 0 Å². The lowest BCUT2D eigenvalue weighted by Crippen LogP contribution is -2.27. The molecule has 4 nitrogen and oxygen atoms in total. The van der Waals surface area contributed by atoms with Gasteiger partial charge < -0.3 is 9.83 Å². The lowest BCUT2D eigenvalue weighted by atomic mass is 10.2. The van der Waals surface area contributed by atoms with Gasteiger partial charge in [-0.1, -0.05) is 0 Å². The van der Waals surface area contributed by atoms with Gasteiger partial charge in [0.25, 0.3) is 0 Å². The highest BCUT2D eigenvalue weighted by Gasteiger charge is 2.19. The Morgan fingerprint density at radius 3 is 2.12 bits per heavy atom. The number of rotatable bonds is 3. The van der Waals surface area contributed by atoms with E-state index in [1.165, 1.54) is 12.1 Å². The van der Waals surface area contributed by atoms with Crippen LogP contribution in [0.5, 0.6) is 0 Å². The third-order valence-electron chi connectivity index (χ3n) is 1.90. The number of benzene rings is 1. The minimum absolute atomic E-state index is 0.215. The summed E-state index contributed by atoms with van der Waals surface area (Å²) in [4.78, 5) is 10.6. The predicted octanol–water partition coefficient (Wildman–Crippen LogP) is 2.26. The van der Waals surface area contributed by atoms with Crippen molar-refractivity contribution in [1.29, 1.82) is 0 Å². The molecule has 88 valence electrons. The summed E-state index contributed by atoms with van der Waals surface area (Å²) in [5.74, 6) is -0.969. The molecular formula is C11H15NO3S. The number of carboxylic acid groups (broad SMARTS) is 1. The molecule has 0 fully saturated rings. The number of carboxylic acids is 1. The van der Waals surface area contributed by atoms with E-state index in [1.807, 2.05) is 20.8 Å². The van der Waals surface area contributed by atoms with Crippen LogP contribution < -0.4 is 4.72 Å². The van der Waals surface area contributed by atoms with Crippen LogP contribution in [0.2, 0.25) is 0 Å². The van der Waals surface area contributed by atoms with Crippen LogP contribution in [0.15, 0.2) is 24.3 Å². The van der Waals surface area contributed by atoms with E-state index in [2.05, 4.69) is 4.72 Å². The van der Waals surface area contributed by atoms with Crippen molar-refractivity contribution in [3.63, 3.8) is 0 Å².